The van der Waals surface area contributed by atoms with Gasteiger partial charge < -0.3 is 4.90 Å². The van der Waals surface area contributed by atoms with Gasteiger partial charge in [0.1, 0.15) is 0 Å². The number of piperidine rings is 1. The number of aromatic amines is 1. The molecular formula is C16H24N4O2S. The summed E-state index contributed by atoms with van der Waals surface area (Å²) in [6.07, 6.45) is 3.23. The van der Waals surface area contributed by atoms with Gasteiger partial charge in [0.2, 0.25) is 5.91 Å². The minimum absolute atomic E-state index is 0.200. The fraction of sp³-hybridized carbons (Fsp3) is 0.688. The first-order chi connectivity index (χ1) is 11.2. The minimum Gasteiger partial charge on any atom is -0.343 e. The van der Waals surface area contributed by atoms with Crippen molar-refractivity contribution in [3.63, 3.8) is 0 Å². The van der Waals surface area contributed by atoms with Gasteiger partial charge in [-0.25, -0.2) is 5.10 Å². The molecule has 1 N–H and O–H groups in total. The molecule has 0 bridgehead atoms. The van der Waals surface area contributed by atoms with E-state index in [-0.39, 0.29) is 11.5 Å². The van der Waals surface area contributed by atoms with Crippen molar-refractivity contribution in [3.8, 4) is 0 Å². The highest BCUT2D eigenvalue weighted by Crippen LogP contribution is 2.21. The second kappa shape index (κ2) is 7.97. The van der Waals surface area contributed by atoms with Crippen LogP contribution < -0.4 is 5.56 Å². The number of aryl methyl sites for hydroxylation is 1. The Morgan fingerprint density at radius 3 is 2.61 bits per heavy atom. The Hall–Kier alpha value is -1.34. The van der Waals surface area contributed by atoms with E-state index in [1.165, 1.54) is 30.7 Å². The summed E-state index contributed by atoms with van der Waals surface area (Å²) in [7, 11) is 0. The van der Waals surface area contributed by atoms with Gasteiger partial charge in [0.05, 0.1) is 5.69 Å². The van der Waals surface area contributed by atoms with Crippen molar-refractivity contribution < 1.29 is 4.79 Å². The Bertz CT molecular complexity index is 557. The van der Waals surface area contributed by atoms with Crippen LogP contribution in [-0.4, -0.2) is 69.6 Å². The standard InChI is InChI=1S/C16H24N4O2S/c21-15-3-1-13(17-18-15)2-4-16(22)20-7-5-14(6-8-20)19-9-11-23-12-10-19/h1,3,14H,2,4-12H2,(H,18,21). The molecular weight excluding hydrogens is 312 g/mol. The van der Waals surface area contributed by atoms with E-state index in [1.54, 1.807) is 6.07 Å². The third kappa shape index (κ3) is 4.57. The van der Waals surface area contributed by atoms with Crippen LogP contribution in [0.3, 0.4) is 0 Å². The largest absolute Gasteiger partial charge is 0.343 e. The molecule has 126 valence electrons. The van der Waals surface area contributed by atoms with Crippen LogP contribution in [-0.2, 0) is 11.2 Å². The van der Waals surface area contributed by atoms with E-state index >= 15 is 0 Å². The highest BCUT2D eigenvalue weighted by atomic mass is 32.2. The highest BCUT2D eigenvalue weighted by molar-refractivity contribution is 7.99. The molecule has 0 aliphatic carbocycles. The number of rotatable bonds is 4. The molecule has 0 radical (unpaired) electrons. The van der Waals surface area contributed by atoms with E-state index in [4.69, 9.17) is 0 Å². The predicted molar refractivity (Wildman–Crippen MR) is 91.7 cm³/mol. The number of nitrogens with one attached hydrogen (secondary N) is 1. The highest BCUT2D eigenvalue weighted by Gasteiger charge is 2.27. The van der Waals surface area contributed by atoms with Crippen LogP contribution in [0.2, 0.25) is 0 Å². The van der Waals surface area contributed by atoms with E-state index in [0.717, 1.165) is 31.6 Å². The summed E-state index contributed by atoms with van der Waals surface area (Å²) in [6.45, 7) is 4.13. The number of nitrogens with zero attached hydrogens (tertiary/aromatic N) is 3. The van der Waals surface area contributed by atoms with E-state index < -0.39 is 0 Å². The molecule has 0 aromatic carbocycles. The second-order valence-electron chi connectivity index (χ2n) is 6.17. The molecule has 1 aromatic heterocycles. The molecule has 2 aliphatic rings. The third-order valence-corrected chi connectivity index (χ3v) is 5.65. The first kappa shape index (κ1) is 16.5. The predicted octanol–water partition coefficient (Wildman–Crippen LogP) is 0.742. The topological polar surface area (TPSA) is 69.3 Å². The maximum Gasteiger partial charge on any atom is 0.264 e. The van der Waals surface area contributed by atoms with E-state index in [2.05, 4.69) is 15.1 Å². The average Bonchev–Trinajstić information content (AvgIpc) is 2.62. The van der Waals surface area contributed by atoms with Crippen molar-refractivity contribution in [2.24, 2.45) is 0 Å². The number of amides is 1. The fourth-order valence-electron chi connectivity index (χ4n) is 3.33. The molecule has 23 heavy (non-hydrogen) atoms. The normalized spacial score (nSPS) is 20.6. The lowest BCUT2D eigenvalue weighted by Gasteiger charge is -2.40. The summed E-state index contributed by atoms with van der Waals surface area (Å²) in [4.78, 5) is 27.9. The van der Waals surface area contributed by atoms with Crippen molar-refractivity contribution in [3.05, 3.63) is 28.2 Å². The number of thioether (sulfide) groups is 1. The summed E-state index contributed by atoms with van der Waals surface area (Å²) in [5.74, 6) is 2.68. The lowest BCUT2D eigenvalue weighted by molar-refractivity contribution is -0.132. The van der Waals surface area contributed by atoms with Crippen molar-refractivity contribution in [2.75, 3.05) is 37.7 Å². The zero-order valence-electron chi connectivity index (χ0n) is 13.4. The van der Waals surface area contributed by atoms with Gasteiger partial charge in [-0.3, -0.25) is 14.5 Å². The quantitative estimate of drug-likeness (QED) is 0.878. The Kier molecular flexibility index (Phi) is 5.72. The van der Waals surface area contributed by atoms with Crippen molar-refractivity contribution in [1.82, 2.24) is 20.0 Å². The molecule has 3 rings (SSSR count). The molecule has 3 heterocycles. The van der Waals surface area contributed by atoms with Crippen LogP contribution in [0.25, 0.3) is 0 Å². The van der Waals surface area contributed by atoms with E-state index in [1.807, 2.05) is 16.7 Å². The first-order valence-corrected chi connectivity index (χ1v) is 9.52. The molecule has 0 atom stereocenters. The van der Waals surface area contributed by atoms with Gasteiger partial charge in [0.25, 0.3) is 5.56 Å². The molecule has 0 unspecified atom stereocenters. The lowest BCUT2D eigenvalue weighted by atomic mass is 10.0. The molecule has 0 spiro atoms. The maximum absolute atomic E-state index is 12.3. The van der Waals surface area contributed by atoms with Gasteiger partial charge in [-0.15, -0.1) is 0 Å². The van der Waals surface area contributed by atoms with Gasteiger partial charge in [0, 0.05) is 62.6 Å². The van der Waals surface area contributed by atoms with Crippen molar-refractivity contribution in [2.45, 2.75) is 31.7 Å². The van der Waals surface area contributed by atoms with Gasteiger partial charge in [-0.1, -0.05) is 0 Å². The number of likely N-dealkylation sites (tertiary alicyclic amines) is 1. The van der Waals surface area contributed by atoms with E-state index in [9.17, 15) is 9.59 Å². The molecule has 0 saturated carbocycles. The summed E-state index contributed by atoms with van der Waals surface area (Å²) in [6, 6.07) is 3.79. The molecule has 2 saturated heterocycles. The monoisotopic (exact) mass is 336 g/mol. The zero-order chi connectivity index (χ0) is 16.1. The molecule has 2 fully saturated rings. The molecule has 1 aromatic rings. The SMILES string of the molecule is O=C(CCc1ccc(=O)[nH]n1)N1CCC(N2CCSCC2)CC1. The second-order valence-corrected chi connectivity index (χ2v) is 7.40. The van der Waals surface area contributed by atoms with Gasteiger partial charge in [-0.05, 0) is 18.9 Å². The number of H-pyrrole nitrogens is 1. The lowest BCUT2D eigenvalue weighted by Crippen LogP contribution is -2.49. The molecule has 6 nitrogen and oxygen atoms in total. The van der Waals surface area contributed by atoms with E-state index in [0.29, 0.717) is 18.9 Å². The third-order valence-electron chi connectivity index (χ3n) is 4.71. The van der Waals surface area contributed by atoms with Crippen LogP contribution >= 0.6 is 11.8 Å². The number of carbonyl (C=O) groups excluding carboxylic acids is 1. The molecule has 7 heteroatoms. The fourth-order valence-corrected chi connectivity index (χ4v) is 4.26. The Balaban J connectivity index is 1.42. The summed E-state index contributed by atoms with van der Waals surface area (Å²) in [5, 5.41) is 6.36. The van der Waals surface area contributed by atoms with Crippen molar-refractivity contribution in [1.29, 1.82) is 0 Å². The number of hydrogen-bond donors (Lipinski definition) is 1. The van der Waals surface area contributed by atoms with Gasteiger partial charge >= 0.3 is 0 Å². The summed E-state index contributed by atoms with van der Waals surface area (Å²) >= 11 is 2.04. The average molecular weight is 336 g/mol. The molecule has 2 aliphatic heterocycles. The Morgan fingerprint density at radius 1 is 1.22 bits per heavy atom. The Labute approximate surface area is 140 Å². The van der Waals surface area contributed by atoms with Crippen molar-refractivity contribution >= 4 is 17.7 Å². The minimum atomic E-state index is -0.210. The van der Waals surface area contributed by atoms with Crippen LogP contribution in [0.15, 0.2) is 16.9 Å². The zero-order valence-corrected chi connectivity index (χ0v) is 14.2. The summed E-state index contributed by atoms with van der Waals surface area (Å²) in [5.41, 5.74) is 0.553. The summed E-state index contributed by atoms with van der Waals surface area (Å²) < 4.78 is 0. The van der Waals surface area contributed by atoms with Crippen LogP contribution in [0.5, 0.6) is 0 Å². The molecule has 1 amide bonds. The van der Waals surface area contributed by atoms with Crippen LogP contribution in [0.4, 0.5) is 0 Å². The number of carbonyl (C=O) groups is 1. The smallest absolute Gasteiger partial charge is 0.264 e. The Morgan fingerprint density at radius 2 is 1.96 bits per heavy atom. The van der Waals surface area contributed by atoms with Crippen LogP contribution in [0.1, 0.15) is 25.0 Å². The van der Waals surface area contributed by atoms with Gasteiger partial charge in [0.15, 0.2) is 0 Å². The van der Waals surface area contributed by atoms with Crippen LogP contribution in [0, 0.1) is 0 Å². The maximum atomic E-state index is 12.3. The first-order valence-electron chi connectivity index (χ1n) is 8.36. The number of aromatic nitrogens is 2. The number of hydrogen-bond acceptors (Lipinski definition) is 5. The van der Waals surface area contributed by atoms with Gasteiger partial charge in [-0.2, -0.15) is 16.9 Å².